The second kappa shape index (κ2) is 6.40. The minimum Gasteiger partial charge on any atom is -0.494 e. The van der Waals surface area contributed by atoms with Crippen molar-refractivity contribution < 1.29 is 22.1 Å². The van der Waals surface area contributed by atoms with Gasteiger partial charge in [0.25, 0.3) is 10.0 Å². The van der Waals surface area contributed by atoms with Gasteiger partial charge in [-0.15, -0.1) is 0 Å². The highest BCUT2D eigenvalue weighted by Crippen LogP contribution is 2.26. The Morgan fingerprint density at radius 3 is 2.50 bits per heavy atom. The van der Waals surface area contributed by atoms with Gasteiger partial charge in [-0.2, -0.15) is 8.42 Å². The molecule has 0 aliphatic heterocycles. The number of benzene rings is 1. The van der Waals surface area contributed by atoms with Crippen molar-refractivity contribution in [3.05, 3.63) is 48.2 Å². The molecule has 126 valence electrons. The average Bonchev–Trinajstić information content (AvgIpc) is 3.18. The molecule has 0 radical (unpaired) electrons. The summed E-state index contributed by atoms with van der Waals surface area (Å²) in [6.07, 6.45) is 0. The number of ether oxygens (including phenoxy) is 1. The predicted molar refractivity (Wildman–Crippen MR) is 87.4 cm³/mol. The summed E-state index contributed by atoms with van der Waals surface area (Å²) in [6.45, 7) is 4.18. The third-order valence-corrected chi connectivity index (χ3v) is 4.39. The number of aryl methyl sites for hydroxylation is 1. The number of hydrogen-bond acceptors (Lipinski definition) is 6. The van der Waals surface area contributed by atoms with E-state index in [-0.39, 0.29) is 5.09 Å². The summed E-state index contributed by atoms with van der Waals surface area (Å²) in [5.41, 5.74) is 1.09. The molecule has 1 aromatic carbocycles. The fourth-order valence-corrected chi connectivity index (χ4v) is 3.06. The number of anilines is 1. The molecule has 0 aliphatic rings. The molecule has 24 heavy (non-hydrogen) atoms. The van der Waals surface area contributed by atoms with Gasteiger partial charge in [-0.1, -0.05) is 5.16 Å². The van der Waals surface area contributed by atoms with Crippen molar-refractivity contribution in [1.29, 1.82) is 0 Å². The van der Waals surface area contributed by atoms with Crippen LogP contribution in [-0.4, -0.2) is 20.2 Å². The van der Waals surface area contributed by atoms with Crippen molar-refractivity contribution in [3.8, 4) is 17.3 Å². The van der Waals surface area contributed by atoms with Gasteiger partial charge in [0.2, 0.25) is 10.9 Å². The van der Waals surface area contributed by atoms with Crippen LogP contribution < -0.4 is 9.46 Å². The van der Waals surface area contributed by atoms with Crippen LogP contribution in [0.25, 0.3) is 11.5 Å². The lowest BCUT2D eigenvalue weighted by atomic mass is 10.3. The van der Waals surface area contributed by atoms with Gasteiger partial charge in [-0.25, -0.2) is 0 Å². The maximum atomic E-state index is 12.4. The first-order chi connectivity index (χ1) is 11.5. The Bertz CT molecular complexity index is 926. The van der Waals surface area contributed by atoms with Crippen molar-refractivity contribution in [3.63, 3.8) is 0 Å². The van der Waals surface area contributed by atoms with Crippen LogP contribution >= 0.6 is 0 Å². The summed E-state index contributed by atoms with van der Waals surface area (Å²) in [7, 11) is -3.84. The second-order valence-electron chi connectivity index (χ2n) is 5.01. The number of sulfonamides is 1. The lowest BCUT2D eigenvalue weighted by Gasteiger charge is -2.07. The molecule has 8 heteroatoms. The van der Waals surface area contributed by atoms with E-state index in [1.807, 2.05) is 6.92 Å². The lowest BCUT2D eigenvalue weighted by Crippen LogP contribution is -2.11. The molecule has 2 aromatic heterocycles. The normalized spacial score (nSPS) is 11.4. The molecule has 3 aromatic rings. The molecular weight excluding hydrogens is 332 g/mol. The van der Waals surface area contributed by atoms with Crippen LogP contribution in [0.5, 0.6) is 5.75 Å². The SMILES string of the molecule is CCOc1ccc(NS(=O)(=O)c2ccc(-c3cc(C)no3)o2)cc1. The van der Waals surface area contributed by atoms with E-state index in [0.717, 1.165) is 0 Å². The van der Waals surface area contributed by atoms with E-state index >= 15 is 0 Å². The number of nitrogens with zero attached hydrogens (tertiary/aromatic N) is 1. The fourth-order valence-electron chi connectivity index (χ4n) is 2.07. The predicted octanol–water partition coefficient (Wildman–Crippen LogP) is 3.44. The molecule has 0 saturated heterocycles. The van der Waals surface area contributed by atoms with Crippen molar-refractivity contribution in [1.82, 2.24) is 5.16 Å². The van der Waals surface area contributed by atoms with Gasteiger partial charge in [0.05, 0.1) is 12.3 Å². The third kappa shape index (κ3) is 3.43. The van der Waals surface area contributed by atoms with E-state index in [2.05, 4.69) is 9.88 Å². The van der Waals surface area contributed by atoms with Gasteiger partial charge < -0.3 is 13.7 Å². The summed E-state index contributed by atoms with van der Waals surface area (Å²) in [6, 6.07) is 11.2. The second-order valence-corrected chi connectivity index (χ2v) is 6.63. The van der Waals surface area contributed by atoms with Crippen LogP contribution in [0.1, 0.15) is 12.6 Å². The highest BCUT2D eigenvalue weighted by atomic mass is 32.2. The number of hydrogen-bond donors (Lipinski definition) is 1. The Kier molecular flexibility index (Phi) is 4.30. The molecule has 0 unspecified atom stereocenters. The molecule has 0 amide bonds. The van der Waals surface area contributed by atoms with Crippen molar-refractivity contribution in [2.24, 2.45) is 0 Å². The van der Waals surface area contributed by atoms with Gasteiger partial charge in [-0.3, -0.25) is 4.72 Å². The smallest absolute Gasteiger partial charge is 0.295 e. The molecular formula is C16H16N2O5S. The number of aromatic nitrogens is 1. The van der Waals surface area contributed by atoms with Gasteiger partial charge in [0.1, 0.15) is 5.75 Å². The van der Waals surface area contributed by atoms with Gasteiger partial charge in [0.15, 0.2) is 5.76 Å². The number of furan rings is 1. The topological polar surface area (TPSA) is 94.6 Å². The van der Waals surface area contributed by atoms with Crippen molar-refractivity contribution in [2.45, 2.75) is 18.9 Å². The molecule has 3 rings (SSSR count). The van der Waals surface area contributed by atoms with Crippen LogP contribution in [0.3, 0.4) is 0 Å². The maximum absolute atomic E-state index is 12.4. The zero-order valence-corrected chi connectivity index (χ0v) is 14.0. The zero-order chi connectivity index (χ0) is 17.2. The third-order valence-electron chi connectivity index (χ3n) is 3.13. The summed E-state index contributed by atoms with van der Waals surface area (Å²) < 4.78 is 43.0. The van der Waals surface area contributed by atoms with Crippen LogP contribution in [0.15, 0.2) is 56.5 Å². The standard InChI is InChI=1S/C16H16N2O5S/c1-3-21-13-6-4-12(5-7-13)18-24(19,20)16-9-8-14(22-16)15-10-11(2)17-23-15/h4-10,18H,3H2,1-2H3. The van der Waals surface area contributed by atoms with Gasteiger partial charge in [0, 0.05) is 11.8 Å². The lowest BCUT2D eigenvalue weighted by molar-refractivity contribution is 0.340. The van der Waals surface area contributed by atoms with Crippen molar-refractivity contribution >= 4 is 15.7 Å². The average molecular weight is 348 g/mol. The van der Waals surface area contributed by atoms with E-state index in [0.29, 0.717) is 35.3 Å². The molecule has 0 saturated carbocycles. The van der Waals surface area contributed by atoms with Crippen LogP contribution in [0.4, 0.5) is 5.69 Å². The van der Waals surface area contributed by atoms with Gasteiger partial charge in [-0.05, 0) is 50.2 Å². The molecule has 2 heterocycles. The quantitative estimate of drug-likeness (QED) is 0.733. The minimum absolute atomic E-state index is 0.208. The first kappa shape index (κ1) is 16.1. The highest BCUT2D eigenvalue weighted by molar-refractivity contribution is 7.92. The Hall–Kier alpha value is -2.74. The van der Waals surface area contributed by atoms with E-state index < -0.39 is 10.0 Å². The molecule has 0 aliphatic carbocycles. The Morgan fingerprint density at radius 2 is 1.88 bits per heavy atom. The first-order valence-corrected chi connectivity index (χ1v) is 8.75. The molecule has 0 atom stereocenters. The summed E-state index contributed by atoms with van der Waals surface area (Å²) in [4.78, 5) is 0. The fraction of sp³-hybridized carbons (Fsp3) is 0.188. The monoisotopic (exact) mass is 348 g/mol. The minimum atomic E-state index is -3.84. The molecule has 1 N–H and O–H groups in total. The van der Waals surface area contributed by atoms with Crippen molar-refractivity contribution in [2.75, 3.05) is 11.3 Å². The number of rotatable bonds is 6. The van der Waals surface area contributed by atoms with Crippen LogP contribution in [0.2, 0.25) is 0 Å². The van der Waals surface area contributed by atoms with Crippen LogP contribution in [-0.2, 0) is 10.0 Å². The van der Waals surface area contributed by atoms with E-state index in [9.17, 15) is 8.42 Å². The molecule has 0 spiro atoms. The number of nitrogens with one attached hydrogen (secondary N) is 1. The van der Waals surface area contributed by atoms with Crippen LogP contribution in [0, 0.1) is 6.92 Å². The molecule has 7 nitrogen and oxygen atoms in total. The molecule has 0 fully saturated rings. The Labute approximate surface area is 139 Å². The first-order valence-electron chi connectivity index (χ1n) is 7.27. The summed E-state index contributed by atoms with van der Waals surface area (Å²) in [5, 5.41) is 3.54. The largest absolute Gasteiger partial charge is 0.494 e. The highest BCUT2D eigenvalue weighted by Gasteiger charge is 2.20. The zero-order valence-electron chi connectivity index (χ0n) is 13.1. The van der Waals surface area contributed by atoms with E-state index in [1.165, 1.54) is 12.1 Å². The summed E-state index contributed by atoms with van der Waals surface area (Å²) in [5.74, 6) is 1.33. The maximum Gasteiger partial charge on any atom is 0.295 e. The molecule has 0 bridgehead atoms. The Balaban J connectivity index is 1.79. The van der Waals surface area contributed by atoms with E-state index in [1.54, 1.807) is 37.3 Å². The van der Waals surface area contributed by atoms with Gasteiger partial charge >= 0.3 is 0 Å². The van der Waals surface area contributed by atoms with E-state index in [4.69, 9.17) is 13.7 Å². The Morgan fingerprint density at radius 1 is 1.12 bits per heavy atom. The summed E-state index contributed by atoms with van der Waals surface area (Å²) >= 11 is 0.